The van der Waals surface area contributed by atoms with Gasteiger partial charge in [-0.3, -0.25) is 0 Å². The van der Waals surface area contributed by atoms with E-state index in [0.29, 0.717) is 0 Å². The Morgan fingerprint density at radius 3 is 2.50 bits per heavy atom. The minimum atomic E-state index is -0.372. The van der Waals surface area contributed by atoms with Crippen molar-refractivity contribution in [3.8, 4) is 0 Å². The van der Waals surface area contributed by atoms with Crippen LogP contribution in [-0.4, -0.2) is 25.0 Å². The monoisotopic (exact) mass is 279 g/mol. The molecule has 0 aliphatic heterocycles. The van der Waals surface area contributed by atoms with E-state index in [1.165, 1.54) is 0 Å². The molecular weight excluding hydrogens is 265 g/mol. The average molecular weight is 278 g/mol. The molecule has 2 aromatic rings. The summed E-state index contributed by atoms with van der Waals surface area (Å²) in [5, 5.41) is 10.7. The van der Waals surface area contributed by atoms with Crippen molar-refractivity contribution >= 4 is 19.5 Å². The molecule has 0 saturated heterocycles. The zero-order valence-electron chi connectivity index (χ0n) is 8.78. The van der Waals surface area contributed by atoms with Gasteiger partial charge >= 0.3 is 101 Å². The third-order valence-electron chi connectivity index (χ3n) is 2.21. The van der Waals surface area contributed by atoms with Crippen LogP contribution >= 0.6 is 0 Å². The first-order valence-corrected chi connectivity index (χ1v) is 7.20. The van der Waals surface area contributed by atoms with Gasteiger partial charge in [-0.2, -0.15) is 0 Å². The van der Waals surface area contributed by atoms with Crippen LogP contribution in [0.5, 0.6) is 0 Å². The first kappa shape index (κ1) is 11.3. The molecule has 82 valence electrons. The third-order valence-corrected chi connectivity index (χ3v) is 4.35. The van der Waals surface area contributed by atoms with Crippen molar-refractivity contribution in [2.24, 2.45) is 0 Å². The number of aliphatic hydroxyl groups is 1. The fraction of sp³-hybridized carbons (Fsp3) is 0.154. The molecule has 2 nitrogen and oxygen atoms in total. The summed E-state index contributed by atoms with van der Waals surface area (Å²) in [6, 6.07) is 15.7. The van der Waals surface area contributed by atoms with E-state index in [-0.39, 0.29) is 21.1 Å². The Kier molecular flexibility index (Phi) is 4.11. The second-order valence-corrected chi connectivity index (χ2v) is 5.59. The Labute approximate surface area is 102 Å². The molecule has 3 heteroatoms. The van der Waals surface area contributed by atoms with Crippen LogP contribution in [0.1, 0.15) is 11.7 Å². The van der Waals surface area contributed by atoms with Crippen LogP contribution in [0, 0.1) is 0 Å². The van der Waals surface area contributed by atoms with Crippen LogP contribution in [0.2, 0.25) is 5.32 Å². The second-order valence-electron chi connectivity index (χ2n) is 3.41. The Hall–Kier alpha value is -1.15. The average Bonchev–Trinajstić information content (AvgIpc) is 2.38. The molecule has 0 aliphatic carbocycles. The quantitative estimate of drug-likeness (QED) is 0.861. The molecule has 1 atom stereocenters. The molecule has 0 spiro atoms. The minimum absolute atomic E-state index is 0.233. The molecule has 0 saturated carbocycles. The molecule has 0 fully saturated rings. The molecule has 0 bridgehead atoms. The topological polar surface area (TPSA) is 33.1 Å². The molecule has 0 radical (unpaired) electrons. The number of hydrogen-bond donors (Lipinski definition) is 1. The van der Waals surface area contributed by atoms with Gasteiger partial charge in [0.05, 0.1) is 0 Å². The van der Waals surface area contributed by atoms with E-state index in [9.17, 15) is 5.11 Å². The Morgan fingerprint density at radius 1 is 1.06 bits per heavy atom. The number of nitrogens with zero attached hydrogens (tertiary/aromatic N) is 1. The van der Waals surface area contributed by atoms with E-state index in [1.54, 1.807) is 6.20 Å². The summed E-state index contributed by atoms with van der Waals surface area (Å²) in [7, 11) is 0. The number of aromatic nitrogens is 1. The first-order chi connectivity index (χ1) is 7.86. The molecule has 1 unspecified atom stereocenters. The van der Waals surface area contributed by atoms with Crippen LogP contribution in [0.4, 0.5) is 0 Å². The Morgan fingerprint density at radius 2 is 1.81 bits per heavy atom. The van der Waals surface area contributed by atoms with Crippen LogP contribution in [0.25, 0.3) is 0 Å². The summed E-state index contributed by atoms with van der Waals surface area (Å²) >= 11 is 0.233. The molecule has 1 heterocycles. The molecule has 1 N–H and O–H groups in total. The maximum absolute atomic E-state index is 9.97. The predicted octanol–water partition coefficient (Wildman–Crippen LogP) is 1.56. The molecular formula is C13H13NOSe. The SMILES string of the molecule is OC(C[Se]c1ccccn1)c1ccccc1. The van der Waals surface area contributed by atoms with E-state index >= 15 is 0 Å². The van der Waals surface area contributed by atoms with Gasteiger partial charge in [0.15, 0.2) is 0 Å². The zero-order chi connectivity index (χ0) is 11.2. The summed E-state index contributed by atoms with van der Waals surface area (Å²) in [4.78, 5) is 4.26. The van der Waals surface area contributed by atoms with Gasteiger partial charge in [0.2, 0.25) is 0 Å². The van der Waals surface area contributed by atoms with Gasteiger partial charge in [-0.1, -0.05) is 0 Å². The van der Waals surface area contributed by atoms with Crippen molar-refractivity contribution < 1.29 is 5.11 Å². The van der Waals surface area contributed by atoms with Gasteiger partial charge in [-0.05, 0) is 0 Å². The summed E-state index contributed by atoms with van der Waals surface area (Å²) in [6.45, 7) is 0. The van der Waals surface area contributed by atoms with E-state index in [0.717, 1.165) is 15.5 Å². The fourth-order valence-corrected chi connectivity index (χ4v) is 3.11. The molecule has 1 aromatic carbocycles. The van der Waals surface area contributed by atoms with Gasteiger partial charge < -0.3 is 0 Å². The van der Waals surface area contributed by atoms with Gasteiger partial charge in [0.1, 0.15) is 0 Å². The summed E-state index contributed by atoms with van der Waals surface area (Å²) in [6.07, 6.45) is 1.43. The fourth-order valence-electron chi connectivity index (χ4n) is 1.37. The van der Waals surface area contributed by atoms with Gasteiger partial charge in [0, 0.05) is 0 Å². The van der Waals surface area contributed by atoms with E-state index < -0.39 is 0 Å². The van der Waals surface area contributed by atoms with Crippen LogP contribution < -0.4 is 4.59 Å². The van der Waals surface area contributed by atoms with Crippen LogP contribution in [-0.2, 0) is 0 Å². The second kappa shape index (κ2) is 5.80. The van der Waals surface area contributed by atoms with Crippen LogP contribution in [0.3, 0.4) is 0 Å². The molecule has 0 aliphatic rings. The van der Waals surface area contributed by atoms with Gasteiger partial charge in [-0.15, -0.1) is 0 Å². The van der Waals surface area contributed by atoms with Crippen molar-refractivity contribution in [2.45, 2.75) is 11.4 Å². The number of benzene rings is 1. The molecule has 2 rings (SSSR count). The van der Waals surface area contributed by atoms with Gasteiger partial charge in [0.25, 0.3) is 0 Å². The van der Waals surface area contributed by atoms with E-state index in [1.807, 2.05) is 48.5 Å². The Bertz CT molecular complexity index is 418. The summed E-state index contributed by atoms with van der Waals surface area (Å²) < 4.78 is 1.09. The zero-order valence-corrected chi connectivity index (χ0v) is 10.5. The number of pyridine rings is 1. The number of hydrogen-bond acceptors (Lipinski definition) is 2. The molecule has 0 amide bonds. The Balaban J connectivity index is 1.92. The summed E-state index contributed by atoms with van der Waals surface area (Å²) in [5.74, 6) is 0. The molecule has 16 heavy (non-hydrogen) atoms. The maximum atomic E-state index is 9.97. The standard InChI is InChI=1S/C13H13NOSe/c15-12(11-6-2-1-3-7-11)10-16-13-8-4-5-9-14-13/h1-9,12,15H,10H2. The van der Waals surface area contributed by atoms with Gasteiger partial charge in [-0.25, -0.2) is 0 Å². The van der Waals surface area contributed by atoms with Crippen molar-refractivity contribution in [3.05, 3.63) is 60.3 Å². The molecule has 1 aromatic heterocycles. The van der Waals surface area contributed by atoms with Crippen molar-refractivity contribution in [2.75, 3.05) is 0 Å². The number of aliphatic hydroxyl groups excluding tert-OH is 1. The normalized spacial score (nSPS) is 12.3. The van der Waals surface area contributed by atoms with E-state index in [4.69, 9.17) is 0 Å². The third kappa shape index (κ3) is 3.17. The van der Waals surface area contributed by atoms with Crippen molar-refractivity contribution in [1.29, 1.82) is 0 Å². The van der Waals surface area contributed by atoms with E-state index in [2.05, 4.69) is 4.98 Å². The number of rotatable bonds is 4. The predicted molar refractivity (Wildman–Crippen MR) is 65.8 cm³/mol. The van der Waals surface area contributed by atoms with Crippen LogP contribution in [0.15, 0.2) is 54.7 Å². The first-order valence-electron chi connectivity index (χ1n) is 5.13. The summed E-state index contributed by atoms with van der Waals surface area (Å²) in [5.41, 5.74) is 0.986. The van der Waals surface area contributed by atoms with Crippen molar-refractivity contribution in [1.82, 2.24) is 4.98 Å². The van der Waals surface area contributed by atoms with Crippen molar-refractivity contribution in [3.63, 3.8) is 0 Å².